The highest BCUT2D eigenvalue weighted by atomic mass is 79.9. The van der Waals surface area contributed by atoms with Gasteiger partial charge in [-0.3, -0.25) is 4.79 Å². The predicted octanol–water partition coefficient (Wildman–Crippen LogP) is 1.98. The molecule has 0 saturated carbocycles. The number of rotatable bonds is 7. The number of methoxy groups -OCH3 is 1. The Bertz CT molecular complexity index is 524. The monoisotopic (exact) mass is 361 g/mol. The Morgan fingerprint density at radius 1 is 1.48 bits per heavy atom. The van der Waals surface area contributed by atoms with Crippen LogP contribution in [-0.4, -0.2) is 36.7 Å². The maximum atomic E-state index is 13.1. The van der Waals surface area contributed by atoms with Crippen molar-refractivity contribution in [2.75, 3.05) is 13.7 Å². The van der Waals surface area contributed by atoms with Crippen LogP contribution in [0.3, 0.4) is 0 Å². The van der Waals surface area contributed by atoms with E-state index >= 15 is 0 Å². The Balaban J connectivity index is 2.54. The Morgan fingerprint density at radius 3 is 2.67 bits per heavy atom. The van der Waals surface area contributed by atoms with Gasteiger partial charge in [-0.05, 0) is 40.0 Å². The number of benzene rings is 1. The Morgan fingerprint density at radius 2 is 2.14 bits per heavy atom. The summed E-state index contributed by atoms with van der Waals surface area (Å²) in [6.07, 6.45) is -0.642. The maximum Gasteiger partial charge on any atom is 0.334 e. The quantitative estimate of drug-likeness (QED) is 0.778. The second-order valence-electron chi connectivity index (χ2n) is 4.66. The SMILES string of the molecule is COC(CNC(=O)C(C)Cc1ccc(F)c(Br)c1)C(=O)O. The van der Waals surface area contributed by atoms with E-state index in [1.807, 2.05) is 0 Å². The molecule has 5 nitrogen and oxygen atoms in total. The van der Waals surface area contributed by atoms with E-state index in [0.717, 1.165) is 5.56 Å². The smallest absolute Gasteiger partial charge is 0.334 e. The molecule has 0 aliphatic rings. The fourth-order valence-electron chi connectivity index (χ4n) is 1.75. The molecule has 0 saturated heterocycles. The van der Waals surface area contributed by atoms with Crippen LogP contribution in [0.15, 0.2) is 22.7 Å². The van der Waals surface area contributed by atoms with Crippen LogP contribution in [0, 0.1) is 11.7 Å². The Kier molecular flexibility index (Phi) is 6.77. The van der Waals surface area contributed by atoms with Crippen LogP contribution >= 0.6 is 15.9 Å². The summed E-state index contributed by atoms with van der Waals surface area (Å²) in [5, 5.41) is 11.3. The van der Waals surface area contributed by atoms with Gasteiger partial charge in [-0.2, -0.15) is 0 Å². The number of carboxylic acids is 1. The standard InChI is InChI=1S/C14H17BrFNO4/c1-8(5-9-3-4-11(16)10(15)6-9)13(18)17-7-12(21-2)14(19)20/h3-4,6,8,12H,5,7H2,1-2H3,(H,17,18)(H,19,20). The molecular formula is C14H17BrFNO4. The van der Waals surface area contributed by atoms with E-state index in [1.54, 1.807) is 19.1 Å². The van der Waals surface area contributed by atoms with Gasteiger partial charge in [0.25, 0.3) is 0 Å². The summed E-state index contributed by atoms with van der Waals surface area (Å²) in [6.45, 7) is 1.62. The van der Waals surface area contributed by atoms with Crippen molar-refractivity contribution >= 4 is 27.8 Å². The van der Waals surface area contributed by atoms with E-state index in [4.69, 9.17) is 9.84 Å². The van der Waals surface area contributed by atoms with Crippen LogP contribution in [0.2, 0.25) is 0 Å². The van der Waals surface area contributed by atoms with E-state index in [0.29, 0.717) is 10.9 Å². The molecule has 0 aromatic heterocycles. The van der Waals surface area contributed by atoms with Crippen molar-refractivity contribution in [2.45, 2.75) is 19.4 Å². The van der Waals surface area contributed by atoms with Gasteiger partial charge >= 0.3 is 5.97 Å². The van der Waals surface area contributed by atoms with E-state index in [-0.39, 0.29) is 24.2 Å². The third-order valence-corrected chi connectivity index (χ3v) is 3.60. The average Bonchev–Trinajstić information content (AvgIpc) is 2.42. The first-order valence-electron chi connectivity index (χ1n) is 6.32. The number of carbonyl (C=O) groups excluding carboxylic acids is 1. The molecule has 1 amide bonds. The Hall–Kier alpha value is -1.47. The molecule has 116 valence electrons. The zero-order valence-electron chi connectivity index (χ0n) is 11.7. The zero-order valence-corrected chi connectivity index (χ0v) is 13.3. The molecule has 0 aliphatic carbocycles. The van der Waals surface area contributed by atoms with E-state index < -0.39 is 12.1 Å². The molecule has 0 heterocycles. The number of ether oxygens (including phenoxy) is 1. The summed E-state index contributed by atoms with van der Waals surface area (Å²) < 4.78 is 18.2. The Labute approximate surface area is 130 Å². The molecule has 21 heavy (non-hydrogen) atoms. The van der Waals surface area contributed by atoms with Gasteiger partial charge in [-0.1, -0.05) is 13.0 Å². The number of carbonyl (C=O) groups is 2. The van der Waals surface area contributed by atoms with Crippen molar-refractivity contribution in [3.63, 3.8) is 0 Å². The predicted molar refractivity (Wildman–Crippen MR) is 78.4 cm³/mol. The van der Waals surface area contributed by atoms with Crippen molar-refractivity contribution in [2.24, 2.45) is 5.92 Å². The van der Waals surface area contributed by atoms with Gasteiger partial charge in [0.2, 0.25) is 5.91 Å². The van der Waals surface area contributed by atoms with Crippen molar-refractivity contribution < 1.29 is 23.8 Å². The lowest BCUT2D eigenvalue weighted by Gasteiger charge is -2.15. The highest BCUT2D eigenvalue weighted by Crippen LogP contribution is 2.19. The fourth-order valence-corrected chi connectivity index (χ4v) is 2.18. The second-order valence-corrected chi connectivity index (χ2v) is 5.52. The topological polar surface area (TPSA) is 75.6 Å². The van der Waals surface area contributed by atoms with Crippen LogP contribution in [-0.2, 0) is 20.7 Å². The molecule has 0 radical (unpaired) electrons. The first-order chi connectivity index (χ1) is 9.85. The number of aliphatic carboxylic acids is 1. The average molecular weight is 362 g/mol. The lowest BCUT2D eigenvalue weighted by Crippen LogP contribution is -2.40. The number of nitrogens with one attached hydrogen (secondary N) is 1. The van der Waals surface area contributed by atoms with E-state index in [2.05, 4.69) is 21.2 Å². The van der Waals surface area contributed by atoms with Gasteiger partial charge in [0.05, 0.1) is 11.0 Å². The minimum absolute atomic E-state index is 0.0951. The molecule has 0 aliphatic heterocycles. The normalized spacial score (nSPS) is 13.5. The number of hydrogen-bond donors (Lipinski definition) is 2. The highest BCUT2D eigenvalue weighted by molar-refractivity contribution is 9.10. The van der Waals surface area contributed by atoms with Gasteiger partial charge in [0, 0.05) is 13.0 Å². The molecule has 0 spiro atoms. The fraction of sp³-hybridized carbons (Fsp3) is 0.429. The van der Waals surface area contributed by atoms with Gasteiger partial charge in [0.15, 0.2) is 6.10 Å². The van der Waals surface area contributed by atoms with Crippen molar-refractivity contribution in [1.29, 1.82) is 0 Å². The molecule has 2 N–H and O–H groups in total. The molecular weight excluding hydrogens is 345 g/mol. The van der Waals surface area contributed by atoms with Crippen LogP contribution in [0.4, 0.5) is 4.39 Å². The van der Waals surface area contributed by atoms with Crippen molar-refractivity contribution in [3.05, 3.63) is 34.1 Å². The van der Waals surface area contributed by atoms with E-state index in [1.165, 1.54) is 13.2 Å². The zero-order chi connectivity index (χ0) is 16.0. The van der Waals surface area contributed by atoms with Crippen LogP contribution in [0.1, 0.15) is 12.5 Å². The lowest BCUT2D eigenvalue weighted by atomic mass is 10.0. The molecule has 0 fully saturated rings. The van der Waals surface area contributed by atoms with E-state index in [9.17, 15) is 14.0 Å². The van der Waals surface area contributed by atoms with Crippen LogP contribution in [0.25, 0.3) is 0 Å². The number of hydrogen-bond acceptors (Lipinski definition) is 3. The number of carboxylic acid groups (broad SMARTS) is 1. The summed E-state index contributed by atoms with van der Waals surface area (Å²) >= 11 is 3.09. The number of amides is 1. The van der Waals surface area contributed by atoms with Gasteiger partial charge in [-0.25, -0.2) is 9.18 Å². The van der Waals surface area contributed by atoms with Gasteiger partial charge in [0.1, 0.15) is 5.82 Å². The molecule has 1 aromatic rings. The van der Waals surface area contributed by atoms with Gasteiger partial charge in [-0.15, -0.1) is 0 Å². The molecule has 2 atom stereocenters. The highest BCUT2D eigenvalue weighted by Gasteiger charge is 2.20. The molecule has 1 rings (SSSR count). The maximum absolute atomic E-state index is 13.1. The van der Waals surface area contributed by atoms with Crippen molar-refractivity contribution in [1.82, 2.24) is 5.32 Å². The summed E-state index contributed by atoms with van der Waals surface area (Å²) in [5.41, 5.74) is 0.812. The first kappa shape index (κ1) is 17.6. The minimum atomic E-state index is -1.13. The first-order valence-corrected chi connectivity index (χ1v) is 7.11. The second kappa shape index (κ2) is 8.09. The lowest BCUT2D eigenvalue weighted by molar-refractivity contribution is -0.148. The third kappa shape index (κ3) is 5.43. The minimum Gasteiger partial charge on any atom is -0.479 e. The summed E-state index contributed by atoms with van der Waals surface area (Å²) in [6, 6.07) is 4.56. The summed E-state index contributed by atoms with van der Waals surface area (Å²) in [4.78, 5) is 22.7. The summed E-state index contributed by atoms with van der Waals surface area (Å²) in [5.74, 6) is -2.14. The molecule has 2 unspecified atom stereocenters. The molecule has 1 aromatic carbocycles. The van der Waals surface area contributed by atoms with Crippen LogP contribution in [0.5, 0.6) is 0 Å². The van der Waals surface area contributed by atoms with Gasteiger partial charge < -0.3 is 15.2 Å². The van der Waals surface area contributed by atoms with Crippen molar-refractivity contribution in [3.8, 4) is 0 Å². The van der Waals surface area contributed by atoms with Crippen LogP contribution < -0.4 is 5.32 Å². The number of halogens is 2. The third-order valence-electron chi connectivity index (χ3n) is 3.00. The summed E-state index contributed by atoms with van der Waals surface area (Å²) in [7, 11) is 1.27. The largest absolute Gasteiger partial charge is 0.479 e. The molecule has 7 heteroatoms. The molecule has 0 bridgehead atoms.